The Morgan fingerprint density at radius 2 is 1.69 bits per heavy atom. The van der Waals surface area contributed by atoms with Crippen LogP contribution in [0.3, 0.4) is 0 Å². The van der Waals surface area contributed by atoms with Crippen molar-refractivity contribution < 1.29 is 19.1 Å². The molecule has 0 amide bonds. The number of hydrogen-bond donors (Lipinski definition) is 0. The third-order valence-electron chi connectivity index (χ3n) is 1.94. The van der Waals surface area contributed by atoms with Gasteiger partial charge in [0.2, 0.25) is 0 Å². The lowest BCUT2D eigenvalue weighted by Gasteiger charge is -1.99. The number of carbonyl (C=O) groups is 2. The molecule has 1 aromatic rings. The second-order valence-corrected chi connectivity index (χ2v) is 2.97. The zero-order chi connectivity index (χ0) is 12.0. The van der Waals surface area contributed by atoms with Crippen molar-refractivity contribution in [2.24, 2.45) is 0 Å². The van der Waals surface area contributed by atoms with E-state index in [2.05, 4.69) is 9.47 Å². The third kappa shape index (κ3) is 3.24. The van der Waals surface area contributed by atoms with Crippen LogP contribution in [-0.4, -0.2) is 26.2 Å². The van der Waals surface area contributed by atoms with Crippen molar-refractivity contribution in [3.63, 3.8) is 0 Å². The van der Waals surface area contributed by atoms with Crippen molar-refractivity contribution in [1.82, 2.24) is 0 Å². The first kappa shape index (κ1) is 12.0. The Labute approximate surface area is 93.5 Å². The summed E-state index contributed by atoms with van der Waals surface area (Å²) in [6, 6.07) is 6.68. The zero-order valence-electron chi connectivity index (χ0n) is 9.10. The van der Waals surface area contributed by atoms with E-state index < -0.39 is 5.97 Å². The summed E-state index contributed by atoms with van der Waals surface area (Å²) < 4.78 is 9.01. The van der Waals surface area contributed by atoms with E-state index in [1.165, 1.54) is 20.3 Å². The Kier molecular flexibility index (Phi) is 4.27. The highest BCUT2D eigenvalue weighted by Gasteiger charge is 2.03. The number of hydrogen-bond acceptors (Lipinski definition) is 4. The van der Waals surface area contributed by atoms with Gasteiger partial charge in [0, 0.05) is 6.08 Å². The van der Waals surface area contributed by atoms with Gasteiger partial charge in [0.1, 0.15) is 0 Å². The Hall–Kier alpha value is -2.10. The van der Waals surface area contributed by atoms with E-state index in [9.17, 15) is 9.59 Å². The summed E-state index contributed by atoms with van der Waals surface area (Å²) in [5.41, 5.74) is 1.27. The molecule has 0 aliphatic heterocycles. The minimum Gasteiger partial charge on any atom is -0.466 e. The summed E-state index contributed by atoms with van der Waals surface area (Å²) in [5, 5.41) is 0. The number of methoxy groups -OCH3 is 2. The monoisotopic (exact) mass is 220 g/mol. The van der Waals surface area contributed by atoms with Crippen LogP contribution < -0.4 is 0 Å². The molecule has 0 saturated heterocycles. The smallest absolute Gasteiger partial charge is 0.337 e. The molecule has 4 heteroatoms. The van der Waals surface area contributed by atoms with Crippen LogP contribution in [0.15, 0.2) is 30.3 Å². The average Bonchev–Trinajstić information content (AvgIpc) is 2.35. The number of esters is 2. The standard InChI is InChI=1S/C12H12O4/c1-15-11(13)8-5-9-3-6-10(7-4-9)12(14)16-2/h3-8H,1-2H3. The highest BCUT2D eigenvalue weighted by atomic mass is 16.5. The van der Waals surface area contributed by atoms with Gasteiger partial charge < -0.3 is 9.47 Å². The van der Waals surface area contributed by atoms with Crippen LogP contribution in [0.25, 0.3) is 6.08 Å². The van der Waals surface area contributed by atoms with Crippen LogP contribution in [0, 0.1) is 0 Å². The Balaban J connectivity index is 2.75. The molecule has 0 unspecified atom stereocenters. The van der Waals surface area contributed by atoms with Crippen molar-refractivity contribution in [2.75, 3.05) is 14.2 Å². The first-order valence-corrected chi connectivity index (χ1v) is 4.62. The van der Waals surface area contributed by atoms with Gasteiger partial charge in [0.15, 0.2) is 0 Å². The first-order valence-electron chi connectivity index (χ1n) is 4.62. The first-order chi connectivity index (χ1) is 7.67. The molecule has 0 bridgehead atoms. The van der Waals surface area contributed by atoms with Gasteiger partial charge in [-0.2, -0.15) is 0 Å². The molecule has 0 spiro atoms. The van der Waals surface area contributed by atoms with Crippen molar-refractivity contribution in [3.05, 3.63) is 41.5 Å². The zero-order valence-corrected chi connectivity index (χ0v) is 9.10. The quantitative estimate of drug-likeness (QED) is 0.574. The summed E-state index contributed by atoms with van der Waals surface area (Å²) in [6.45, 7) is 0. The van der Waals surface area contributed by atoms with Crippen LogP contribution >= 0.6 is 0 Å². The lowest BCUT2D eigenvalue weighted by molar-refractivity contribution is -0.134. The average molecular weight is 220 g/mol. The summed E-state index contributed by atoms with van der Waals surface area (Å²) >= 11 is 0. The molecular weight excluding hydrogens is 208 g/mol. The summed E-state index contributed by atoms with van der Waals surface area (Å²) in [5.74, 6) is -0.805. The third-order valence-corrected chi connectivity index (χ3v) is 1.94. The van der Waals surface area contributed by atoms with E-state index >= 15 is 0 Å². The van der Waals surface area contributed by atoms with E-state index in [0.717, 1.165) is 5.56 Å². The van der Waals surface area contributed by atoms with E-state index in [0.29, 0.717) is 5.56 Å². The number of rotatable bonds is 3. The van der Waals surface area contributed by atoms with Crippen LogP contribution in [0.5, 0.6) is 0 Å². The number of ether oxygens (including phenoxy) is 2. The maximum atomic E-state index is 11.1. The molecule has 0 N–H and O–H groups in total. The highest BCUT2D eigenvalue weighted by Crippen LogP contribution is 2.07. The van der Waals surface area contributed by atoms with Crippen molar-refractivity contribution in [3.8, 4) is 0 Å². The SMILES string of the molecule is COC(=O)C=Cc1ccc(C(=O)OC)cc1. The fourth-order valence-corrected chi connectivity index (χ4v) is 1.08. The molecule has 16 heavy (non-hydrogen) atoms. The second-order valence-electron chi connectivity index (χ2n) is 2.97. The Morgan fingerprint density at radius 1 is 1.06 bits per heavy atom. The van der Waals surface area contributed by atoms with E-state index in [-0.39, 0.29) is 5.97 Å². The topological polar surface area (TPSA) is 52.6 Å². The molecule has 1 aromatic carbocycles. The van der Waals surface area contributed by atoms with Gasteiger partial charge in [-0.25, -0.2) is 9.59 Å². The molecule has 4 nitrogen and oxygen atoms in total. The molecule has 0 aliphatic rings. The molecule has 0 saturated carbocycles. The second kappa shape index (κ2) is 5.70. The molecule has 0 heterocycles. The molecule has 0 fully saturated rings. The maximum Gasteiger partial charge on any atom is 0.337 e. The molecule has 1 rings (SSSR count). The normalized spacial score (nSPS) is 10.1. The fourth-order valence-electron chi connectivity index (χ4n) is 1.08. The predicted octanol–water partition coefficient (Wildman–Crippen LogP) is 1.66. The molecule has 0 atom stereocenters. The minimum atomic E-state index is -0.419. The molecule has 0 aliphatic carbocycles. The molecular formula is C12H12O4. The summed E-state index contributed by atoms with van der Waals surface area (Å²) in [4.78, 5) is 21.9. The highest BCUT2D eigenvalue weighted by molar-refractivity contribution is 5.90. The van der Waals surface area contributed by atoms with Crippen molar-refractivity contribution in [2.45, 2.75) is 0 Å². The largest absolute Gasteiger partial charge is 0.466 e. The summed E-state index contributed by atoms with van der Waals surface area (Å²) in [6.07, 6.45) is 2.92. The number of carbonyl (C=O) groups excluding carboxylic acids is 2. The van der Waals surface area contributed by atoms with Gasteiger partial charge in [-0.1, -0.05) is 12.1 Å². The van der Waals surface area contributed by atoms with Gasteiger partial charge in [0.25, 0.3) is 0 Å². The van der Waals surface area contributed by atoms with E-state index in [4.69, 9.17) is 0 Å². The molecule has 0 radical (unpaired) electrons. The Morgan fingerprint density at radius 3 is 2.19 bits per heavy atom. The van der Waals surface area contributed by atoms with E-state index in [1.807, 2.05) is 0 Å². The molecule has 84 valence electrons. The summed E-state index contributed by atoms with van der Waals surface area (Å²) in [7, 11) is 2.64. The minimum absolute atomic E-state index is 0.386. The molecule has 0 aromatic heterocycles. The Bertz CT molecular complexity index is 404. The van der Waals surface area contributed by atoms with Crippen LogP contribution in [0.4, 0.5) is 0 Å². The van der Waals surface area contributed by atoms with Crippen molar-refractivity contribution in [1.29, 1.82) is 0 Å². The maximum absolute atomic E-state index is 11.1. The van der Waals surface area contributed by atoms with Crippen LogP contribution in [0.2, 0.25) is 0 Å². The van der Waals surface area contributed by atoms with Gasteiger partial charge in [0.05, 0.1) is 19.8 Å². The van der Waals surface area contributed by atoms with Gasteiger partial charge >= 0.3 is 11.9 Å². The van der Waals surface area contributed by atoms with Gasteiger partial charge in [-0.3, -0.25) is 0 Å². The van der Waals surface area contributed by atoms with E-state index in [1.54, 1.807) is 30.3 Å². The van der Waals surface area contributed by atoms with Gasteiger partial charge in [-0.05, 0) is 23.8 Å². The van der Waals surface area contributed by atoms with Gasteiger partial charge in [-0.15, -0.1) is 0 Å². The predicted molar refractivity (Wildman–Crippen MR) is 58.8 cm³/mol. The lowest BCUT2D eigenvalue weighted by Crippen LogP contribution is -2.00. The van der Waals surface area contributed by atoms with Crippen LogP contribution in [-0.2, 0) is 14.3 Å². The lowest BCUT2D eigenvalue weighted by atomic mass is 10.1. The number of benzene rings is 1. The van der Waals surface area contributed by atoms with Crippen LogP contribution in [0.1, 0.15) is 15.9 Å². The van der Waals surface area contributed by atoms with Crippen molar-refractivity contribution >= 4 is 18.0 Å². The fraction of sp³-hybridized carbons (Fsp3) is 0.167.